The highest BCUT2D eigenvalue weighted by atomic mass is 35.5. The number of rotatable bonds is 9. The van der Waals surface area contributed by atoms with Gasteiger partial charge in [0, 0.05) is 30.1 Å². The molecule has 26 heavy (non-hydrogen) atoms. The molecule has 0 aliphatic heterocycles. The third kappa shape index (κ3) is 6.09. The molecule has 0 aliphatic carbocycles. The van der Waals surface area contributed by atoms with Gasteiger partial charge in [0.05, 0.1) is 24.9 Å². The number of hydrogen-bond acceptors (Lipinski definition) is 4. The molecule has 0 fully saturated rings. The summed E-state index contributed by atoms with van der Waals surface area (Å²) in [5, 5.41) is 7.23. The summed E-state index contributed by atoms with van der Waals surface area (Å²) in [4.78, 5) is 12.1. The Balaban J connectivity index is 1.77. The minimum Gasteiger partial charge on any atom is -0.495 e. The van der Waals surface area contributed by atoms with Gasteiger partial charge in [0.25, 0.3) is 0 Å². The molecule has 0 aromatic heterocycles. The molecule has 0 radical (unpaired) electrons. The number of carbonyl (C=O) groups is 1. The van der Waals surface area contributed by atoms with Crippen LogP contribution in [0.25, 0.3) is 0 Å². The molecule has 0 bridgehead atoms. The van der Waals surface area contributed by atoms with E-state index in [1.165, 1.54) is 19.8 Å². The maximum absolute atomic E-state index is 12.1. The number of nitrogens with one attached hydrogen (secondary N) is 2. The molecule has 0 saturated heterocycles. The van der Waals surface area contributed by atoms with Crippen LogP contribution in [0.2, 0.25) is 10.0 Å². The molecule has 140 valence electrons. The Kier molecular flexibility index (Phi) is 8.04. The van der Waals surface area contributed by atoms with Crippen LogP contribution in [-0.4, -0.2) is 33.2 Å². The van der Waals surface area contributed by atoms with Crippen LogP contribution in [0.4, 0.5) is 5.69 Å². The molecule has 0 heterocycles. The lowest BCUT2D eigenvalue weighted by Gasteiger charge is -2.13. The van der Waals surface area contributed by atoms with Crippen LogP contribution in [0.1, 0.15) is 12.0 Å². The quantitative estimate of drug-likeness (QED) is 0.624. The molecular weight excluding hydrogens is 375 g/mol. The van der Waals surface area contributed by atoms with Crippen LogP contribution in [0.3, 0.4) is 0 Å². The SMILES string of the molecule is COc1cc(NC(=O)CCNCCc2ccc(Cl)cc2)c(OC)cc1Cl. The van der Waals surface area contributed by atoms with E-state index in [2.05, 4.69) is 10.6 Å². The van der Waals surface area contributed by atoms with Gasteiger partial charge >= 0.3 is 0 Å². The molecule has 1 amide bonds. The monoisotopic (exact) mass is 396 g/mol. The minimum absolute atomic E-state index is 0.119. The molecule has 0 atom stereocenters. The van der Waals surface area contributed by atoms with Crippen molar-refractivity contribution in [3.8, 4) is 11.5 Å². The van der Waals surface area contributed by atoms with E-state index in [4.69, 9.17) is 32.7 Å². The van der Waals surface area contributed by atoms with E-state index in [1.54, 1.807) is 12.1 Å². The van der Waals surface area contributed by atoms with E-state index < -0.39 is 0 Å². The van der Waals surface area contributed by atoms with Gasteiger partial charge in [0.15, 0.2) is 0 Å². The number of ether oxygens (including phenoxy) is 2. The first-order valence-corrected chi connectivity index (χ1v) is 8.95. The van der Waals surface area contributed by atoms with Gasteiger partial charge in [-0.05, 0) is 30.7 Å². The average molecular weight is 397 g/mol. The summed E-state index contributed by atoms with van der Waals surface area (Å²) in [6.07, 6.45) is 1.22. The van der Waals surface area contributed by atoms with Crippen molar-refractivity contribution in [1.82, 2.24) is 5.32 Å². The van der Waals surface area contributed by atoms with Gasteiger partial charge in [-0.1, -0.05) is 35.3 Å². The maximum Gasteiger partial charge on any atom is 0.225 e. The van der Waals surface area contributed by atoms with Gasteiger partial charge in [0.1, 0.15) is 11.5 Å². The van der Waals surface area contributed by atoms with E-state index in [0.29, 0.717) is 35.2 Å². The summed E-state index contributed by atoms with van der Waals surface area (Å²) in [5.74, 6) is 0.843. The highest BCUT2D eigenvalue weighted by molar-refractivity contribution is 6.32. The Morgan fingerprint density at radius 3 is 2.35 bits per heavy atom. The van der Waals surface area contributed by atoms with Gasteiger partial charge in [-0.3, -0.25) is 4.79 Å². The number of carbonyl (C=O) groups excluding carboxylic acids is 1. The zero-order chi connectivity index (χ0) is 18.9. The van der Waals surface area contributed by atoms with Crippen LogP contribution < -0.4 is 20.1 Å². The Morgan fingerprint density at radius 2 is 1.69 bits per heavy atom. The Labute approximate surface area is 163 Å². The molecule has 2 N–H and O–H groups in total. The van der Waals surface area contributed by atoms with Crippen LogP contribution in [0.5, 0.6) is 11.5 Å². The number of methoxy groups -OCH3 is 2. The minimum atomic E-state index is -0.119. The van der Waals surface area contributed by atoms with E-state index in [9.17, 15) is 4.79 Å². The smallest absolute Gasteiger partial charge is 0.225 e. The third-order valence-electron chi connectivity index (χ3n) is 3.78. The zero-order valence-electron chi connectivity index (χ0n) is 14.8. The van der Waals surface area contributed by atoms with E-state index in [-0.39, 0.29) is 5.91 Å². The zero-order valence-corrected chi connectivity index (χ0v) is 16.3. The van der Waals surface area contributed by atoms with E-state index in [1.807, 2.05) is 24.3 Å². The lowest BCUT2D eigenvalue weighted by atomic mass is 10.1. The Bertz CT molecular complexity index is 736. The molecule has 7 heteroatoms. The van der Waals surface area contributed by atoms with Gasteiger partial charge < -0.3 is 20.1 Å². The maximum atomic E-state index is 12.1. The molecule has 0 aliphatic rings. The van der Waals surface area contributed by atoms with Crippen molar-refractivity contribution in [3.63, 3.8) is 0 Å². The average Bonchev–Trinajstić information content (AvgIpc) is 2.64. The van der Waals surface area contributed by atoms with Crippen LogP contribution in [0.15, 0.2) is 36.4 Å². The van der Waals surface area contributed by atoms with Crippen molar-refractivity contribution in [2.24, 2.45) is 0 Å². The first kappa shape index (κ1) is 20.4. The van der Waals surface area contributed by atoms with Gasteiger partial charge in [-0.2, -0.15) is 0 Å². The number of halogens is 2. The summed E-state index contributed by atoms with van der Waals surface area (Å²) < 4.78 is 10.4. The number of hydrogen-bond donors (Lipinski definition) is 2. The molecule has 2 aromatic carbocycles. The largest absolute Gasteiger partial charge is 0.495 e. The number of benzene rings is 2. The highest BCUT2D eigenvalue weighted by Crippen LogP contribution is 2.35. The van der Waals surface area contributed by atoms with Gasteiger partial charge in [-0.15, -0.1) is 0 Å². The van der Waals surface area contributed by atoms with E-state index in [0.717, 1.165) is 18.0 Å². The van der Waals surface area contributed by atoms with Crippen molar-refractivity contribution in [2.45, 2.75) is 12.8 Å². The molecule has 2 aromatic rings. The fourth-order valence-electron chi connectivity index (χ4n) is 2.38. The van der Waals surface area contributed by atoms with Crippen LogP contribution >= 0.6 is 23.2 Å². The normalized spacial score (nSPS) is 10.5. The second-order valence-electron chi connectivity index (χ2n) is 5.61. The standard InChI is InChI=1S/C19H22Cl2N2O3/c1-25-17-12-16(18(26-2)11-15(17)21)23-19(24)8-10-22-9-7-13-3-5-14(20)6-4-13/h3-6,11-12,22H,7-10H2,1-2H3,(H,23,24). The fraction of sp³-hybridized carbons (Fsp3) is 0.316. The first-order chi connectivity index (χ1) is 12.5. The van der Waals surface area contributed by atoms with Crippen molar-refractivity contribution < 1.29 is 14.3 Å². The van der Waals surface area contributed by atoms with Crippen LogP contribution in [0, 0.1) is 0 Å². The predicted octanol–water partition coefficient (Wildman–Crippen LogP) is 4.17. The lowest BCUT2D eigenvalue weighted by molar-refractivity contribution is -0.116. The molecule has 0 saturated carbocycles. The second kappa shape index (κ2) is 10.3. The molecule has 0 spiro atoms. The fourth-order valence-corrected chi connectivity index (χ4v) is 2.74. The topological polar surface area (TPSA) is 59.6 Å². The first-order valence-electron chi connectivity index (χ1n) is 8.20. The highest BCUT2D eigenvalue weighted by Gasteiger charge is 2.12. The molecular formula is C19H22Cl2N2O3. The number of amides is 1. The molecule has 5 nitrogen and oxygen atoms in total. The van der Waals surface area contributed by atoms with E-state index >= 15 is 0 Å². The number of anilines is 1. The van der Waals surface area contributed by atoms with Crippen molar-refractivity contribution in [3.05, 3.63) is 52.0 Å². The summed E-state index contributed by atoms with van der Waals surface area (Å²) in [6, 6.07) is 11.0. The van der Waals surface area contributed by atoms with Crippen molar-refractivity contribution in [2.75, 3.05) is 32.6 Å². The van der Waals surface area contributed by atoms with Gasteiger partial charge in [-0.25, -0.2) is 0 Å². The molecule has 0 unspecified atom stereocenters. The summed E-state index contributed by atoms with van der Waals surface area (Å²) in [6.45, 7) is 1.36. The van der Waals surface area contributed by atoms with Crippen molar-refractivity contribution >= 4 is 34.8 Å². The lowest BCUT2D eigenvalue weighted by Crippen LogP contribution is -2.23. The Hall–Kier alpha value is -1.95. The van der Waals surface area contributed by atoms with Gasteiger partial charge in [0.2, 0.25) is 5.91 Å². The third-order valence-corrected chi connectivity index (χ3v) is 4.33. The molecule has 2 rings (SSSR count). The predicted molar refractivity (Wildman–Crippen MR) is 106 cm³/mol. The van der Waals surface area contributed by atoms with Crippen molar-refractivity contribution in [1.29, 1.82) is 0 Å². The second-order valence-corrected chi connectivity index (χ2v) is 6.46. The summed E-state index contributed by atoms with van der Waals surface area (Å²) in [7, 11) is 3.04. The van der Waals surface area contributed by atoms with Crippen LogP contribution in [-0.2, 0) is 11.2 Å². The summed E-state index contributed by atoms with van der Waals surface area (Å²) in [5.41, 5.74) is 1.73. The summed E-state index contributed by atoms with van der Waals surface area (Å²) >= 11 is 11.9. The Morgan fingerprint density at radius 1 is 1.00 bits per heavy atom.